The van der Waals surface area contributed by atoms with Crippen molar-refractivity contribution in [2.45, 2.75) is 13.3 Å². The minimum Gasteiger partial charge on any atom is -0.384 e. The van der Waals surface area contributed by atoms with Gasteiger partial charge < -0.3 is 20.4 Å². The molecule has 3 heterocycles. The van der Waals surface area contributed by atoms with Gasteiger partial charge in [0.1, 0.15) is 5.82 Å². The highest BCUT2D eigenvalue weighted by atomic mass is 35.5. The topological polar surface area (TPSA) is 69.2 Å². The lowest BCUT2D eigenvalue weighted by Crippen LogP contribution is -2.46. The molecule has 30 heavy (non-hydrogen) atoms. The van der Waals surface area contributed by atoms with Crippen LogP contribution in [0.15, 0.2) is 42.7 Å². The fourth-order valence-corrected chi connectivity index (χ4v) is 3.83. The highest BCUT2D eigenvalue weighted by Gasteiger charge is 2.17. The monoisotopic (exact) mass is 425 g/mol. The molecule has 1 aliphatic rings. The van der Waals surface area contributed by atoms with Crippen molar-refractivity contribution < 1.29 is 0 Å². The zero-order valence-electron chi connectivity index (χ0n) is 17.3. The van der Waals surface area contributed by atoms with E-state index in [0.717, 1.165) is 80.6 Å². The van der Waals surface area contributed by atoms with Crippen molar-refractivity contribution in [2.24, 2.45) is 0 Å². The zero-order valence-corrected chi connectivity index (χ0v) is 18.1. The van der Waals surface area contributed by atoms with Gasteiger partial charge in [0.15, 0.2) is 0 Å². The zero-order chi connectivity index (χ0) is 20.8. The van der Waals surface area contributed by atoms with E-state index in [1.54, 1.807) is 0 Å². The summed E-state index contributed by atoms with van der Waals surface area (Å²) >= 11 is 6.06. The van der Waals surface area contributed by atoms with E-state index in [1.807, 2.05) is 42.7 Å². The van der Waals surface area contributed by atoms with Gasteiger partial charge in [-0.15, -0.1) is 0 Å². The third kappa shape index (κ3) is 5.09. The van der Waals surface area contributed by atoms with Crippen LogP contribution in [0, 0.1) is 0 Å². The fraction of sp³-hybridized carbons (Fsp3) is 0.409. The SMILES string of the molecule is CCN1CCN(c2nccc(NCCCNc3ccnc4cc(Cl)ccc34)n2)CC1. The maximum absolute atomic E-state index is 6.06. The first-order chi connectivity index (χ1) is 14.7. The third-order valence-corrected chi connectivity index (χ3v) is 5.66. The van der Waals surface area contributed by atoms with Crippen molar-refractivity contribution in [3.05, 3.63) is 47.7 Å². The van der Waals surface area contributed by atoms with Gasteiger partial charge in [0.25, 0.3) is 0 Å². The van der Waals surface area contributed by atoms with E-state index >= 15 is 0 Å². The lowest BCUT2D eigenvalue weighted by molar-refractivity contribution is 0.270. The second-order valence-corrected chi connectivity index (χ2v) is 7.83. The molecule has 3 aromatic rings. The van der Waals surface area contributed by atoms with Crippen LogP contribution >= 0.6 is 11.6 Å². The number of nitrogens with zero attached hydrogens (tertiary/aromatic N) is 5. The van der Waals surface area contributed by atoms with E-state index in [9.17, 15) is 0 Å². The van der Waals surface area contributed by atoms with Gasteiger partial charge in [0.2, 0.25) is 5.95 Å². The standard InChI is InChI=1S/C22H28ClN7/c1-2-29-12-14-30(15-13-29)22-27-11-7-21(28-22)26-9-3-8-24-19-6-10-25-20-16-17(23)4-5-18(19)20/h4-7,10-11,16H,2-3,8-9,12-15H2,1H3,(H,24,25)(H,26,27,28). The Balaban J connectivity index is 1.25. The number of likely N-dealkylation sites (N-methyl/N-ethyl adjacent to an activating group) is 1. The first-order valence-corrected chi connectivity index (χ1v) is 10.9. The lowest BCUT2D eigenvalue weighted by atomic mass is 10.2. The van der Waals surface area contributed by atoms with Crippen molar-refractivity contribution in [1.82, 2.24) is 19.9 Å². The highest BCUT2D eigenvalue weighted by Crippen LogP contribution is 2.24. The average Bonchev–Trinajstić information content (AvgIpc) is 2.79. The smallest absolute Gasteiger partial charge is 0.227 e. The molecule has 0 amide bonds. The van der Waals surface area contributed by atoms with Crippen LogP contribution < -0.4 is 15.5 Å². The van der Waals surface area contributed by atoms with Crippen molar-refractivity contribution >= 4 is 40.0 Å². The van der Waals surface area contributed by atoms with Crippen LogP contribution in [-0.4, -0.2) is 65.7 Å². The number of halogens is 1. The van der Waals surface area contributed by atoms with Gasteiger partial charge in [-0.05, 0) is 43.3 Å². The number of fused-ring (bicyclic) bond motifs is 1. The molecule has 0 radical (unpaired) electrons. The van der Waals surface area contributed by atoms with Crippen molar-refractivity contribution in [1.29, 1.82) is 0 Å². The maximum atomic E-state index is 6.06. The molecule has 0 atom stereocenters. The minimum atomic E-state index is 0.702. The van der Waals surface area contributed by atoms with Gasteiger partial charge in [0, 0.05) is 67.8 Å². The molecule has 0 aliphatic carbocycles. The van der Waals surface area contributed by atoms with Gasteiger partial charge in [-0.25, -0.2) is 4.98 Å². The van der Waals surface area contributed by atoms with Crippen LogP contribution in [0.1, 0.15) is 13.3 Å². The average molecular weight is 426 g/mol. The Morgan fingerprint density at radius 3 is 2.60 bits per heavy atom. The Labute approximate surface area is 182 Å². The van der Waals surface area contributed by atoms with Gasteiger partial charge in [-0.1, -0.05) is 18.5 Å². The Morgan fingerprint density at radius 1 is 0.967 bits per heavy atom. The van der Waals surface area contributed by atoms with Gasteiger partial charge in [-0.3, -0.25) is 4.98 Å². The molecule has 4 rings (SSSR count). The summed E-state index contributed by atoms with van der Waals surface area (Å²) in [6.45, 7) is 9.09. The number of benzene rings is 1. The van der Waals surface area contributed by atoms with E-state index in [4.69, 9.17) is 16.6 Å². The van der Waals surface area contributed by atoms with E-state index in [2.05, 4.69) is 37.3 Å². The van der Waals surface area contributed by atoms with Crippen LogP contribution in [0.25, 0.3) is 10.9 Å². The molecule has 1 aromatic carbocycles. The largest absolute Gasteiger partial charge is 0.384 e. The van der Waals surface area contributed by atoms with Gasteiger partial charge >= 0.3 is 0 Å². The number of hydrogen-bond donors (Lipinski definition) is 2. The molecule has 1 aliphatic heterocycles. The highest BCUT2D eigenvalue weighted by molar-refractivity contribution is 6.31. The van der Waals surface area contributed by atoms with Crippen LogP contribution in [0.4, 0.5) is 17.5 Å². The number of hydrogen-bond acceptors (Lipinski definition) is 7. The summed E-state index contributed by atoms with van der Waals surface area (Å²) in [7, 11) is 0. The van der Waals surface area contributed by atoms with Crippen LogP contribution in [0.2, 0.25) is 5.02 Å². The molecule has 1 fully saturated rings. The van der Waals surface area contributed by atoms with Crippen LogP contribution in [-0.2, 0) is 0 Å². The molecule has 2 aromatic heterocycles. The minimum absolute atomic E-state index is 0.702. The molecule has 7 nitrogen and oxygen atoms in total. The van der Waals surface area contributed by atoms with Gasteiger partial charge in [-0.2, -0.15) is 4.98 Å². The molecule has 1 saturated heterocycles. The molecule has 0 spiro atoms. The number of rotatable bonds is 8. The van der Waals surface area contributed by atoms with E-state index in [1.165, 1.54) is 0 Å². The van der Waals surface area contributed by atoms with E-state index in [-0.39, 0.29) is 0 Å². The summed E-state index contributed by atoms with van der Waals surface area (Å²) in [6, 6.07) is 9.72. The van der Waals surface area contributed by atoms with E-state index in [0.29, 0.717) is 5.02 Å². The van der Waals surface area contributed by atoms with Crippen molar-refractivity contribution in [2.75, 3.05) is 61.3 Å². The molecule has 8 heteroatoms. The summed E-state index contributed by atoms with van der Waals surface area (Å²) in [4.78, 5) is 18.3. The summed E-state index contributed by atoms with van der Waals surface area (Å²) in [5.74, 6) is 1.69. The Hall–Kier alpha value is -2.64. The second-order valence-electron chi connectivity index (χ2n) is 7.39. The van der Waals surface area contributed by atoms with Gasteiger partial charge in [0.05, 0.1) is 5.52 Å². The van der Waals surface area contributed by atoms with Crippen molar-refractivity contribution in [3.8, 4) is 0 Å². The summed E-state index contributed by atoms with van der Waals surface area (Å²) in [6.07, 6.45) is 4.61. The first-order valence-electron chi connectivity index (χ1n) is 10.6. The van der Waals surface area contributed by atoms with E-state index < -0.39 is 0 Å². The van der Waals surface area contributed by atoms with Crippen LogP contribution in [0.3, 0.4) is 0 Å². The molecule has 2 N–H and O–H groups in total. The maximum Gasteiger partial charge on any atom is 0.227 e. The number of anilines is 3. The predicted octanol–water partition coefficient (Wildman–Crippen LogP) is 3.73. The van der Waals surface area contributed by atoms with Crippen LogP contribution in [0.5, 0.6) is 0 Å². The Bertz CT molecular complexity index is 973. The number of nitrogens with one attached hydrogen (secondary N) is 2. The number of aromatic nitrogens is 3. The molecule has 0 bridgehead atoms. The predicted molar refractivity (Wildman–Crippen MR) is 125 cm³/mol. The quantitative estimate of drug-likeness (QED) is 0.533. The molecule has 0 saturated carbocycles. The normalized spacial score (nSPS) is 14.8. The second kappa shape index (κ2) is 9.91. The van der Waals surface area contributed by atoms with Crippen molar-refractivity contribution in [3.63, 3.8) is 0 Å². The summed E-state index contributed by atoms with van der Waals surface area (Å²) in [5.41, 5.74) is 1.98. The number of piperazine rings is 1. The fourth-order valence-electron chi connectivity index (χ4n) is 3.67. The lowest BCUT2D eigenvalue weighted by Gasteiger charge is -2.34. The summed E-state index contributed by atoms with van der Waals surface area (Å²) in [5, 5.41) is 8.70. The molecular weight excluding hydrogens is 398 g/mol. The molecule has 0 unspecified atom stereocenters. The Morgan fingerprint density at radius 2 is 1.77 bits per heavy atom. The third-order valence-electron chi connectivity index (χ3n) is 5.43. The summed E-state index contributed by atoms with van der Waals surface area (Å²) < 4.78 is 0. The number of pyridine rings is 1. The molecule has 158 valence electrons. The first kappa shape index (κ1) is 20.6. The Kier molecular flexibility index (Phi) is 6.81. The molecular formula is C22H28ClN7.